The van der Waals surface area contributed by atoms with E-state index in [9.17, 15) is 0 Å². The molecule has 0 saturated carbocycles. The van der Waals surface area contributed by atoms with Gasteiger partial charge in [0.05, 0.1) is 6.61 Å². The summed E-state index contributed by atoms with van der Waals surface area (Å²) < 4.78 is 5.07. The van der Waals surface area contributed by atoms with E-state index in [1.165, 1.54) is 5.69 Å². The van der Waals surface area contributed by atoms with Crippen LogP contribution in [0.3, 0.4) is 0 Å². The zero-order valence-electron chi connectivity index (χ0n) is 14.7. The van der Waals surface area contributed by atoms with Crippen LogP contribution in [0.2, 0.25) is 5.02 Å². The van der Waals surface area contributed by atoms with Gasteiger partial charge in [-0.2, -0.15) is 0 Å². The molecule has 2 aromatic rings. The largest absolute Gasteiger partial charge is 0.383 e. The predicted molar refractivity (Wildman–Crippen MR) is 103 cm³/mol. The molecular weight excluding hydrogens is 338 g/mol. The molecule has 25 heavy (non-hydrogen) atoms. The third-order valence-corrected chi connectivity index (χ3v) is 4.45. The minimum atomic E-state index is 0.649. The van der Waals surface area contributed by atoms with Crippen LogP contribution in [0.1, 0.15) is 5.82 Å². The fourth-order valence-corrected chi connectivity index (χ4v) is 3.14. The van der Waals surface area contributed by atoms with Gasteiger partial charge >= 0.3 is 0 Å². The quantitative estimate of drug-likeness (QED) is 0.798. The summed E-state index contributed by atoms with van der Waals surface area (Å²) in [6, 6.07) is 10.0. The maximum atomic E-state index is 6.11. The van der Waals surface area contributed by atoms with Crippen molar-refractivity contribution < 1.29 is 4.74 Å². The van der Waals surface area contributed by atoms with Crippen molar-refractivity contribution in [3.8, 4) is 0 Å². The van der Waals surface area contributed by atoms with Gasteiger partial charge in [-0.1, -0.05) is 17.7 Å². The van der Waals surface area contributed by atoms with E-state index in [-0.39, 0.29) is 0 Å². The number of piperazine rings is 1. The number of anilines is 3. The third-order valence-electron chi connectivity index (χ3n) is 4.21. The number of methoxy groups -OCH3 is 1. The first-order chi connectivity index (χ1) is 12.2. The first kappa shape index (κ1) is 17.8. The molecule has 1 fully saturated rings. The topological polar surface area (TPSA) is 53.5 Å². The number of hydrogen-bond donors (Lipinski definition) is 1. The van der Waals surface area contributed by atoms with Gasteiger partial charge in [-0.3, -0.25) is 0 Å². The molecule has 1 aromatic carbocycles. The van der Waals surface area contributed by atoms with Crippen molar-refractivity contribution in [2.24, 2.45) is 0 Å². The normalized spacial score (nSPS) is 14.7. The van der Waals surface area contributed by atoms with Crippen LogP contribution in [0.15, 0.2) is 30.3 Å². The summed E-state index contributed by atoms with van der Waals surface area (Å²) in [4.78, 5) is 13.7. The molecule has 2 heterocycles. The summed E-state index contributed by atoms with van der Waals surface area (Å²) in [6.45, 7) is 7.02. The summed E-state index contributed by atoms with van der Waals surface area (Å²) in [5.41, 5.74) is 1.17. The molecule has 0 aliphatic carbocycles. The van der Waals surface area contributed by atoms with E-state index in [2.05, 4.69) is 31.2 Å². The Morgan fingerprint density at radius 1 is 1.12 bits per heavy atom. The lowest BCUT2D eigenvalue weighted by molar-refractivity contribution is 0.210. The highest BCUT2D eigenvalue weighted by Gasteiger charge is 2.19. The van der Waals surface area contributed by atoms with Crippen LogP contribution >= 0.6 is 11.6 Å². The maximum absolute atomic E-state index is 6.11. The van der Waals surface area contributed by atoms with Crippen LogP contribution in [0.4, 0.5) is 17.3 Å². The molecule has 6 nitrogen and oxygen atoms in total. The molecule has 0 spiro atoms. The van der Waals surface area contributed by atoms with Gasteiger partial charge in [-0.05, 0) is 25.1 Å². The zero-order chi connectivity index (χ0) is 17.6. The van der Waals surface area contributed by atoms with Gasteiger partial charge in [0.25, 0.3) is 0 Å². The molecule has 1 N–H and O–H groups in total. The monoisotopic (exact) mass is 361 g/mol. The van der Waals surface area contributed by atoms with Gasteiger partial charge in [-0.15, -0.1) is 0 Å². The van der Waals surface area contributed by atoms with Gasteiger partial charge < -0.3 is 19.9 Å². The van der Waals surface area contributed by atoms with E-state index in [1.54, 1.807) is 7.11 Å². The molecule has 1 saturated heterocycles. The predicted octanol–water partition coefficient (Wildman–Crippen LogP) is 2.82. The van der Waals surface area contributed by atoms with Gasteiger partial charge in [0.2, 0.25) is 0 Å². The Morgan fingerprint density at radius 2 is 1.88 bits per heavy atom. The van der Waals surface area contributed by atoms with Gasteiger partial charge in [0.1, 0.15) is 17.5 Å². The number of aromatic nitrogens is 2. The Hall–Kier alpha value is -2.05. The van der Waals surface area contributed by atoms with Crippen LogP contribution in [0, 0.1) is 6.92 Å². The average molecular weight is 362 g/mol. The van der Waals surface area contributed by atoms with Crippen molar-refractivity contribution in [1.29, 1.82) is 0 Å². The highest BCUT2D eigenvalue weighted by atomic mass is 35.5. The van der Waals surface area contributed by atoms with Crippen LogP contribution in [0.25, 0.3) is 0 Å². The van der Waals surface area contributed by atoms with Crippen LogP contribution in [-0.2, 0) is 4.74 Å². The van der Waals surface area contributed by atoms with E-state index >= 15 is 0 Å². The molecular formula is C18H24ClN5O. The zero-order valence-corrected chi connectivity index (χ0v) is 15.5. The van der Waals surface area contributed by atoms with Crippen LogP contribution in [0.5, 0.6) is 0 Å². The first-order valence-corrected chi connectivity index (χ1v) is 8.87. The van der Waals surface area contributed by atoms with E-state index in [0.717, 1.165) is 55.2 Å². The molecule has 0 unspecified atom stereocenters. The lowest BCUT2D eigenvalue weighted by Crippen LogP contribution is -2.46. The molecule has 0 bridgehead atoms. The van der Waals surface area contributed by atoms with Crippen molar-refractivity contribution >= 4 is 28.9 Å². The van der Waals surface area contributed by atoms with E-state index in [4.69, 9.17) is 16.3 Å². The number of halogens is 1. The Labute approximate surface area is 153 Å². The molecule has 1 aliphatic rings. The number of benzene rings is 1. The highest BCUT2D eigenvalue weighted by Crippen LogP contribution is 2.23. The number of ether oxygens (including phenoxy) is 1. The van der Waals surface area contributed by atoms with Crippen molar-refractivity contribution in [2.45, 2.75) is 6.92 Å². The Morgan fingerprint density at radius 3 is 2.60 bits per heavy atom. The molecule has 3 rings (SSSR count). The van der Waals surface area contributed by atoms with E-state index < -0.39 is 0 Å². The summed E-state index contributed by atoms with van der Waals surface area (Å²) >= 11 is 6.11. The summed E-state index contributed by atoms with van der Waals surface area (Å²) in [6.07, 6.45) is 0. The van der Waals surface area contributed by atoms with E-state index in [1.807, 2.05) is 31.2 Å². The van der Waals surface area contributed by atoms with Crippen molar-refractivity contribution in [2.75, 3.05) is 61.6 Å². The molecule has 1 aliphatic heterocycles. The number of nitrogens with one attached hydrogen (secondary N) is 1. The minimum absolute atomic E-state index is 0.649. The van der Waals surface area contributed by atoms with Crippen LogP contribution < -0.4 is 15.1 Å². The third kappa shape index (κ3) is 4.74. The molecule has 7 heteroatoms. The SMILES string of the molecule is COCCNc1cc(N2CCN(c3cccc(Cl)c3)CC2)nc(C)n1. The summed E-state index contributed by atoms with van der Waals surface area (Å²) in [5, 5.41) is 4.05. The van der Waals surface area contributed by atoms with Crippen molar-refractivity contribution in [1.82, 2.24) is 9.97 Å². The standard InChI is InChI=1S/C18H24ClN5O/c1-14-21-17(20-6-11-25-2)13-18(22-14)24-9-7-23(8-10-24)16-5-3-4-15(19)12-16/h3-5,12-13H,6-11H2,1-2H3,(H,20,21,22). The Kier molecular flexibility index (Phi) is 5.94. The molecule has 134 valence electrons. The number of aryl methyl sites for hydroxylation is 1. The molecule has 0 radical (unpaired) electrons. The second-order valence-electron chi connectivity index (χ2n) is 6.03. The Bertz CT molecular complexity index is 704. The fraction of sp³-hybridized carbons (Fsp3) is 0.444. The lowest BCUT2D eigenvalue weighted by Gasteiger charge is -2.37. The number of rotatable bonds is 6. The van der Waals surface area contributed by atoms with Gasteiger partial charge in [0.15, 0.2) is 0 Å². The molecule has 1 aromatic heterocycles. The fourth-order valence-electron chi connectivity index (χ4n) is 2.95. The maximum Gasteiger partial charge on any atom is 0.134 e. The summed E-state index contributed by atoms with van der Waals surface area (Å²) in [5.74, 6) is 2.59. The second kappa shape index (κ2) is 8.36. The highest BCUT2D eigenvalue weighted by molar-refractivity contribution is 6.30. The van der Waals surface area contributed by atoms with Crippen LogP contribution in [-0.4, -0.2) is 56.4 Å². The Balaban J connectivity index is 1.64. The molecule has 0 atom stereocenters. The average Bonchev–Trinajstić information content (AvgIpc) is 2.62. The van der Waals surface area contributed by atoms with Crippen molar-refractivity contribution in [3.05, 3.63) is 41.2 Å². The van der Waals surface area contributed by atoms with Gasteiger partial charge in [0, 0.05) is 56.6 Å². The minimum Gasteiger partial charge on any atom is -0.383 e. The second-order valence-corrected chi connectivity index (χ2v) is 6.47. The smallest absolute Gasteiger partial charge is 0.134 e. The lowest BCUT2D eigenvalue weighted by atomic mass is 10.2. The molecule has 0 amide bonds. The van der Waals surface area contributed by atoms with Gasteiger partial charge in [-0.25, -0.2) is 9.97 Å². The number of nitrogens with zero attached hydrogens (tertiary/aromatic N) is 4. The van der Waals surface area contributed by atoms with E-state index in [0.29, 0.717) is 6.61 Å². The van der Waals surface area contributed by atoms with Crippen molar-refractivity contribution in [3.63, 3.8) is 0 Å². The first-order valence-electron chi connectivity index (χ1n) is 8.49. The summed E-state index contributed by atoms with van der Waals surface area (Å²) in [7, 11) is 1.69. The number of hydrogen-bond acceptors (Lipinski definition) is 6.